The Balaban J connectivity index is 2.11. The number of rotatable bonds is 4. The SMILES string of the molecule is O=S(=O)([O-])OOC[NH+]1CCNCC1. The molecular weight excluding hydrogens is 200 g/mol. The molecule has 1 fully saturated rings. The van der Waals surface area contributed by atoms with E-state index in [1.165, 1.54) is 0 Å². The molecule has 1 saturated heterocycles. The Hall–Kier alpha value is -0.250. The van der Waals surface area contributed by atoms with Gasteiger partial charge in [-0.05, 0) is 0 Å². The molecule has 0 unspecified atom stereocenters. The first-order valence-electron chi connectivity index (χ1n) is 3.89. The molecule has 0 amide bonds. The van der Waals surface area contributed by atoms with Crippen LogP contribution in [0.4, 0.5) is 0 Å². The molecule has 1 aliphatic heterocycles. The van der Waals surface area contributed by atoms with Crippen LogP contribution in [0.15, 0.2) is 0 Å². The van der Waals surface area contributed by atoms with Gasteiger partial charge in [-0.2, -0.15) is 4.89 Å². The van der Waals surface area contributed by atoms with Gasteiger partial charge >= 0.3 is 0 Å². The van der Waals surface area contributed by atoms with Crippen molar-refractivity contribution in [2.24, 2.45) is 0 Å². The summed E-state index contributed by atoms with van der Waals surface area (Å²) >= 11 is 0. The van der Waals surface area contributed by atoms with Crippen molar-refractivity contribution < 1.29 is 27.1 Å². The first-order valence-corrected chi connectivity index (χ1v) is 5.22. The quantitative estimate of drug-likeness (QED) is 0.221. The molecule has 1 aliphatic rings. The van der Waals surface area contributed by atoms with Gasteiger partial charge < -0.3 is 14.8 Å². The van der Waals surface area contributed by atoms with Gasteiger partial charge in [-0.15, -0.1) is 4.33 Å². The zero-order chi connectivity index (χ0) is 9.73. The lowest BCUT2D eigenvalue weighted by atomic mass is 10.4. The Morgan fingerprint density at radius 3 is 2.54 bits per heavy atom. The maximum Gasteiger partial charge on any atom is 0.245 e. The highest BCUT2D eigenvalue weighted by atomic mass is 32.3. The van der Waals surface area contributed by atoms with E-state index in [1.54, 1.807) is 0 Å². The zero-order valence-electron chi connectivity index (χ0n) is 6.99. The average molecular weight is 212 g/mol. The molecule has 8 heteroatoms. The number of hydrogen-bond acceptors (Lipinski definition) is 6. The predicted octanol–water partition coefficient (Wildman–Crippen LogP) is -3.16. The monoisotopic (exact) mass is 212 g/mol. The van der Waals surface area contributed by atoms with Crippen molar-refractivity contribution in [1.29, 1.82) is 0 Å². The molecule has 0 aromatic rings. The smallest absolute Gasteiger partial charge is 0.245 e. The summed E-state index contributed by atoms with van der Waals surface area (Å²) in [6.45, 7) is 3.42. The molecular formula is C5H12N2O5S. The van der Waals surface area contributed by atoms with Crippen LogP contribution in [-0.4, -0.2) is 45.9 Å². The lowest BCUT2D eigenvalue weighted by molar-refractivity contribution is -0.928. The topological polar surface area (TPSA) is 92.1 Å². The van der Waals surface area contributed by atoms with E-state index >= 15 is 0 Å². The molecule has 2 N–H and O–H groups in total. The standard InChI is InChI=1S/C5H12N2O5S/c8-13(9,10)12-11-5-7-3-1-6-2-4-7/h6H,1-5H2,(H,8,9,10). The third kappa shape index (κ3) is 5.13. The molecule has 0 aliphatic carbocycles. The second kappa shape index (κ2) is 4.84. The fourth-order valence-electron chi connectivity index (χ4n) is 1.09. The molecule has 0 radical (unpaired) electrons. The summed E-state index contributed by atoms with van der Waals surface area (Å²) in [4.78, 5) is 5.32. The predicted molar refractivity (Wildman–Crippen MR) is 40.3 cm³/mol. The van der Waals surface area contributed by atoms with Crippen molar-refractivity contribution in [1.82, 2.24) is 5.32 Å². The van der Waals surface area contributed by atoms with Crippen molar-refractivity contribution in [2.75, 3.05) is 32.9 Å². The summed E-state index contributed by atoms with van der Waals surface area (Å²) in [7, 11) is -4.73. The van der Waals surface area contributed by atoms with Gasteiger partial charge in [0.25, 0.3) is 0 Å². The molecule has 1 heterocycles. The molecule has 0 aromatic carbocycles. The summed E-state index contributed by atoms with van der Waals surface area (Å²) in [5, 5.41) is 3.12. The van der Waals surface area contributed by atoms with E-state index < -0.39 is 10.4 Å². The van der Waals surface area contributed by atoms with Gasteiger partial charge in [0.1, 0.15) is 0 Å². The second-order valence-corrected chi connectivity index (χ2v) is 3.69. The molecule has 13 heavy (non-hydrogen) atoms. The molecule has 0 saturated carbocycles. The van der Waals surface area contributed by atoms with Gasteiger partial charge in [0.2, 0.25) is 17.1 Å². The summed E-state index contributed by atoms with van der Waals surface area (Å²) < 4.78 is 33.5. The Morgan fingerprint density at radius 1 is 1.38 bits per heavy atom. The maximum atomic E-state index is 9.95. The van der Waals surface area contributed by atoms with Gasteiger partial charge in [0.15, 0.2) is 0 Å². The molecule has 0 bridgehead atoms. The first-order chi connectivity index (χ1) is 6.08. The Kier molecular flexibility index (Phi) is 4.03. The maximum absolute atomic E-state index is 9.95. The van der Waals surface area contributed by atoms with Gasteiger partial charge in [-0.1, -0.05) is 0 Å². The summed E-state index contributed by atoms with van der Waals surface area (Å²) in [6, 6.07) is 0. The largest absolute Gasteiger partial charge is 0.724 e. The van der Waals surface area contributed by atoms with Crippen LogP contribution in [0, 0.1) is 0 Å². The highest BCUT2D eigenvalue weighted by Gasteiger charge is 2.13. The van der Waals surface area contributed by atoms with Crippen LogP contribution in [0.2, 0.25) is 0 Å². The lowest BCUT2D eigenvalue weighted by Crippen LogP contribution is -3.15. The molecule has 0 atom stereocenters. The third-order valence-corrected chi connectivity index (χ3v) is 1.97. The van der Waals surface area contributed by atoms with Crippen LogP contribution in [0.1, 0.15) is 0 Å². The van der Waals surface area contributed by atoms with Crippen molar-refractivity contribution in [2.45, 2.75) is 0 Å². The van der Waals surface area contributed by atoms with Crippen molar-refractivity contribution in [3.63, 3.8) is 0 Å². The van der Waals surface area contributed by atoms with E-state index in [1.807, 2.05) is 0 Å². The minimum atomic E-state index is -4.73. The molecule has 7 nitrogen and oxygen atoms in total. The second-order valence-electron chi connectivity index (χ2n) is 2.74. The van der Waals surface area contributed by atoms with E-state index in [0.717, 1.165) is 31.1 Å². The van der Waals surface area contributed by atoms with Gasteiger partial charge in [0.05, 0.1) is 13.1 Å². The fraction of sp³-hybridized carbons (Fsp3) is 1.00. The summed E-state index contributed by atoms with van der Waals surface area (Å²) in [5.74, 6) is 0. The molecule has 0 spiro atoms. The van der Waals surface area contributed by atoms with Gasteiger partial charge in [0, 0.05) is 13.1 Å². The summed E-state index contributed by atoms with van der Waals surface area (Å²) in [5.41, 5.74) is 0. The highest BCUT2D eigenvalue weighted by molar-refractivity contribution is 7.80. The van der Waals surface area contributed by atoms with Crippen molar-refractivity contribution >= 4 is 10.4 Å². The molecule has 1 rings (SSSR count). The highest BCUT2D eigenvalue weighted by Crippen LogP contribution is 1.83. The Morgan fingerprint density at radius 2 is 2.00 bits per heavy atom. The molecule has 0 aromatic heterocycles. The Bertz CT molecular complexity index is 235. The minimum absolute atomic E-state index is 0.0726. The van der Waals surface area contributed by atoms with E-state index in [4.69, 9.17) is 0 Å². The normalized spacial score (nSPS) is 20.4. The van der Waals surface area contributed by atoms with E-state index in [0.29, 0.717) is 0 Å². The number of nitrogens with one attached hydrogen (secondary N) is 2. The lowest BCUT2D eigenvalue weighted by Gasteiger charge is -2.23. The van der Waals surface area contributed by atoms with E-state index in [-0.39, 0.29) is 6.73 Å². The van der Waals surface area contributed by atoms with Crippen molar-refractivity contribution in [3.8, 4) is 0 Å². The zero-order valence-corrected chi connectivity index (χ0v) is 7.80. The van der Waals surface area contributed by atoms with Crippen LogP contribution < -0.4 is 10.2 Å². The van der Waals surface area contributed by atoms with Crippen molar-refractivity contribution in [3.05, 3.63) is 0 Å². The fourth-order valence-corrected chi connectivity index (χ4v) is 1.26. The number of piperazine rings is 1. The third-order valence-electron chi connectivity index (χ3n) is 1.71. The van der Waals surface area contributed by atoms with Gasteiger partial charge in [-0.3, -0.25) is 0 Å². The number of quaternary nitrogens is 1. The minimum Gasteiger partial charge on any atom is -0.724 e. The van der Waals surface area contributed by atoms with Crippen LogP contribution in [0.5, 0.6) is 0 Å². The van der Waals surface area contributed by atoms with Gasteiger partial charge in [-0.25, -0.2) is 8.42 Å². The average Bonchev–Trinajstić information content (AvgIpc) is 2.04. The molecule has 78 valence electrons. The first kappa shape index (κ1) is 10.8. The summed E-state index contributed by atoms with van der Waals surface area (Å²) in [6.07, 6.45) is 0. The van der Waals surface area contributed by atoms with E-state index in [2.05, 4.69) is 14.5 Å². The number of hydrogen-bond donors (Lipinski definition) is 2. The van der Waals surface area contributed by atoms with Crippen LogP contribution in [-0.2, 0) is 19.6 Å². The Labute approximate surface area is 76.5 Å². The van der Waals surface area contributed by atoms with E-state index in [9.17, 15) is 13.0 Å². The van der Waals surface area contributed by atoms with Crippen LogP contribution in [0.25, 0.3) is 0 Å². The van der Waals surface area contributed by atoms with Crippen LogP contribution >= 0.6 is 0 Å². The van der Waals surface area contributed by atoms with Crippen LogP contribution in [0.3, 0.4) is 0 Å².